The molecule has 0 bridgehead atoms. The van der Waals surface area contributed by atoms with Gasteiger partial charge in [-0.2, -0.15) is 0 Å². The first kappa shape index (κ1) is 13.6. The molecule has 3 nitrogen and oxygen atoms in total. The average molecular weight is 266 g/mol. The summed E-state index contributed by atoms with van der Waals surface area (Å²) in [6.07, 6.45) is 2.29. The SMILES string of the molecule is CC(C)(C)c1ccc(CNCC(=O)NC2CC2)s1. The highest BCUT2D eigenvalue weighted by atomic mass is 32.1. The van der Waals surface area contributed by atoms with Crippen molar-refractivity contribution in [2.45, 2.75) is 51.6 Å². The molecule has 1 heterocycles. The van der Waals surface area contributed by atoms with Crippen molar-refractivity contribution in [3.63, 3.8) is 0 Å². The minimum absolute atomic E-state index is 0.116. The summed E-state index contributed by atoms with van der Waals surface area (Å²) in [6.45, 7) is 7.86. The van der Waals surface area contributed by atoms with Crippen LogP contribution in [0, 0.1) is 0 Å². The van der Waals surface area contributed by atoms with Crippen LogP contribution in [-0.2, 0) is 16.8 Å². The summed E-state index contributed by atoms with van der Waals surface area (Å²) in [5.74, 6) is 0.116. The molecule has 1 aliphatic carbocycles. The van der Waals surface area contributed by atoms with Crippen molar-refractivity contribution in [1.29, 1.82) is 0 Å². The van der Waals surface area contributed by atoms with Crippen LogP contribution >= 0.6 is 11.3 Å². The van der Waals surface area contributed by atoms with Gasteiger partial charge in [-0.25, -0.2) is 0 Å². The van der Waals surface area contributed by atoms with E-state index in [4.69, 9.17) is 0 Å². The maximum absolute atomic E-state index is 11.5. The standard InChI is InChI=1S/C14H22N2OS/c1-14(2,3)12-7-6-11(18-12)8-15-9-13(17)16-10-4-5-10/h6-7,10,15H,4-5,8-9H2,1-3H3,(H,16,17). The molecule has 1 saturated carbocycles. The fourth-order valence-corrected chi connectivity index (χ4v) is 2.72. The van der Waals surface area contributed by atoms with Crippen LogP contribution < -0.4 is 10.6 Å². The zero-order valence-corrected chi connectivity index (χ0v) is 12.2. The monoisotopic (exact) mass is 266 g/mol. The van der Waals surface area contributed by atoms with E-state index in [0.29, 0.717) is 12.6 Å². The van der Waals surface area contributed by atoms with Gasteiger partial charge < -0.3 is 10.6 Å². The van der Waals surface area contributed by atoms with Crippen molar-refractivity contribution in [1.82, 2.24) is 10.6 Å². The van der Waals surface area contributed by atoms with Gasteiger partial charge in [0.05, 0.1) is 6.54 Å². The van der Waals surface area contributed by atoms with Gasteiger partial charge in [0.2, 0.25) is 5.91 Å². The number of thiophene rings is 1. The van der Waals surface area contributed by atoms with Crippen molar-refractivity contribution >= 4 is 17.2 Å². The first-order valence-corrected chi connectivity index (χ1v) is 7.36. The van der Waals surface area contributed by atoms with Gasteiger partial charge in [-0.15, -0.1) is 11.3 Å². The minimum Gasteiger partial charge on any atom is -0.352 e. The molecule has 100 valence electrons. The molecule has 1 aromatic heterocycles. The van der Waals surface area contributed by atoms with E-state index in [1.165, 1.54) is 9.75 Å². The smallest absolute Gasteiger partial charge is 0.234 e. The fraction of sp³-hybridized carbons (Fsp3) is 0.643. The van der Waals surface area contributed by atoms with Gasteiger partial charge in [0.1, 0.15) is 0 Å². The van der Waals surface area contributed by atoms with Gasteiger partial charge in [0.15, 0.2) is 0 Å². The Morgan fingerprint density at radius 2 is 2.11 bits per heavy atom. The van der Waals surface area contributed by atoms with Gasteiger partial charge >= 0.3 is 0 Å². The van der Waals surface area contributed by atoms with Crippen molar-refractivity contribution in [3.8, 4) is 0 Å². The second-order valence-corrected chi connectivity index (χ2v) is 7.13. The largest absolute Gasteiger partial charge is 0.352 e. The molecule has 0 atom stereocenters. The highest BCUT2D eigenvalue weighted by Crippen LogP contribution is 2.29. The Labute approximate surface area is 113 Å². The molecule has 1 amide bonds. The minimum atomic E-state index is 0.116. The summed E-state index contributed by atoms with van der Waals surface area (Å²) >= 11 is 1.82. The van der Waals surface area contributed by atoms with E-state index < -0.39 is 0 Å². The quantitative estimate of drug-likeness (QED) is 0.859. The van der Waals surface area contributed by atoms with E-state index in [2.05, 4.69) is 43.5 Å². The van der Waals surface area contributed by atoms with Crippen LogP contribution in [0.2, 0.25) is 0 Å². The number of amides is 1. The van der Waals surface area contributed by atoms with Gasteiger partial charge in [-0.3, -0.25) is 4.79 Å². The third-order valence-corrected chi connectivity index (χ3v) is 4.44. The first-order valence-electron chi connectivity index (χ1n) is 6.54. The lowest BCUT2D eigenvalue weighted by atomic mass is 9.95. The lowest BCUT2D eigenvalue weighted by Gasteiger charge is -2.15. The second kappa shape index (κ2) is 5.41. The topological polar surface area (TPSA) is 41.1 Å². The zero-order valence-electron chi connectivity index (χ0n) is 11.4. The maximum Gasteiger partial charge on any atom is 0.234 e. The zero-order chi connectivity index (χ0) is 13.2. The Morgan fingerprint density at radius 1 is 1.39 bits per heavy atom. The Kier molecular flexibility index (Phi) is 4.07. The lowest BCUT2D eigenvalue weighted by Crippen LogP contribution is -2.34. The van der Waals surface area contributed by atoms with Crippen LogP contribution in [0.25, 0.3) is 0 Å². The number of nitrogens with one attached hydrogen (secondary N) is 2. The summed E-state index contributed by atoms with van der Waals surface area (Å²) in [5, 5.41) is 6.17. The molecular formula is C14H22N2OS. The lowest BCUT2D eigenvalue weighted by molar-refractivity contribution is -0.120. The Bertz CT molecular complexity index is 416. The Hall–Kier alpha value is -0.870. The number of carbonyl (C=O) groups is 1. The van der Waals surface area contributed by atoms with Crippen LogP contribution in [0.1, 0.15) is 43.4 Å². The molecule has 0 saturated heterocycles. The number of carbonyl (C=O) groups excluding carboxylic acids is 1. The van der Waals surface area contributed by atoms with Crippen LogP contribution in [0.3, 0.4) is 0 Å². The molecule has 0 unspecified atom stereocenters. The fourth-order valence-electron chi connectivity index (χ4n) is 1.68. The third-order valence-electron chi connectivity index (χ3n) is 2.93. The predicted octanol–water partition coefficient (Wildman–Crippen LogP) is 2.41. The van der Waals surface area contributed by atoms with E-state index in [1.54, 1.807) is 0 Å². The van der Waals surface area contributed by atoms with E-state index in [0.717, 1.165) is 19.4 Å². The number of hydrogen-bond acceptors (Lipinski definition) is 3. The van der Waals surface area contributed by atoms with Crippen LogP contribution in [-0.4, -0.2) is 18.5 Å². The normalized spacial score (nSPS) is 15.7. The molecule has 1 aliphatic rings. The Morgan fingerprint density at radius 3 is 2.67 bits per heavy atom. The first-order chi connectivity index (χ1) is 8.45. The third kappa shape index (κ3) is 4.10. The molecule has 4 heteroatoms. The highest BCUT2D eigenvalue weighted by molar-refractivity contribution is 7.12. The molecule has 1 aromatic rings. The molecule has 0 spiro atoms. The average Bonchev–Trinajstić information content (AvgIpc) is 2.93. The van der Waals surface area contributed by atoms with Crippen LogP contribution in [0.5, 0.6) is 0 Å². The van der Waals surface area contributed by atoms with E-state index in [9.17, 15) is 4.79 Å². The molecule has 0 aliphatic heterocycles. The summed E-state index contributed by atoms with van der Waals surface area (Å²) < 4.78 is 0. The maximum atomic E-state index is 11.5. The van der Waals surface area contributed by atoms with Gasteiger partial charge in [0.25, 0.3) is 0 Å². The summed E-state index contributed by atoms with van der Waals surface area (Å²) in [7, 11) is 0. The molecule has 2 N–H and O–H groups in total. The van der Waals surface area contributed by atoms with Crippen LogP contribution in [0.15, 0.2) is 12.1 Å². The highest BCUT2D eigenvalue weighted by Gasteiger charge is 2.22. The van der Waals surface area contributed by atoms with Gasteiger partial charge in [0, 0.05) is 22.3 Å². The molecule has 18 heavy (non-hydrogen) atoms. The second-order valence-electron chi connectivity index (χ2n) is 5.96. The number of rotatable bonds is 5. The summed E-state index contributed by atoms with van der Waals surface area (Å²) in [6, 6.07) is 4.79. The van der Waals surface area contributed by atoms with E-state index in [1.807, 2.05) is 11.3 Å². The molecule has 2 rings (SSSR count). The van der Waals surface area contributed by atoms with Gasteiger partial charge in [-0.1, -0.05) is 20.8 Å². The number of hydrogen-bond donors (Lipinski definition) is 2. The summed E-state index contributed by atoms with van der Waals surface area (Å²) in [4.78, 5) is 14.2. The molecule has 1 fully saturated rings. The predicted molar refractivity (Wildman–Crippen MR) is 75.9 cm³/mol. The summed E-state index contributed by atoms with van der Waals surface area (Å²) in [5.41, 5.74) is 0.215. The van der Waals surface area contributed by atoms with Crippen molar-refractivity contribution in [2.75, 3.05) is 6.54 Å². The molecule has 0 radical (unpaired) electrons. The molecular weight excluding hydrogens is 244 g/mol. The van der Waals surface area contributed by atoms with Crippen molar-refractivity contribution in [2.24, 2.45) is 0 Å². The van der Waals surface area contributed by atoms with Crippen LogP contribution in [0.4, 0.5) is 0 Å². The molecule has 0 aromatic carbocycles. The Balaban J connectivity index is 1.72. The van der Waals surface area contributed by atoms with Crippen molar-refractivity contribution in [3.05, 3.63) is 21.9 Å². The van der Waals surface area contributed by atoms with Crippen molar-refractivity contribution < 1.29 is 4.79 Å². The van der Waals surface area contributed by atoms with E-state index >= 15 is 0 Å². The van der Waals surface area contributed by atoms with Gasteiger partial charge in [-0.05, 0) is 30.4 Å². The van der Waals surface area contributed by atoms with E-state index in [-0.39, 0.29) is 11.3 Å².